The topological polar surface area (TPSA) is 40.6 Å². The van der Waals surface area contributed by atoms with Crippen LogP contribution in [0.15, 0.2) is 47.8 Å². The predicted octanol–water partition coefficient (Wildman–Crippen LogP) is 2.84. The summed E-state index contributed by atoms with van der Waals surface area (Å²) in [6.45, 7) is 2.55. The first-order valence-corrected chi connectivity index (χ1v) is 9.28. The van der Waals surface area contributed by atoms with Crippen LogP contribution >= 0.6 is 11.3 Å². The molecule has 2 atom stereocenters. The molecule has 0 spiro atoms. The SMILES string of the molecule is O=C(c1cccs1)N1CCN(C(=O)[C@@H]2CC2c2ccccc2)CC1. The molecule has 2 fully saturated rings. The van der Waals surface area contributed by atoms with Crippen molar-refractivity contribution < 1.29 is 9.59 Å². The van der Waals surface area contributed by atoms with Crippen LogP contribution in [0, 0.1) is 5.92 Å². The highest BCUT2D eigenvalue weighted by atomic mass is 32.1. The highest BCUT2D eigenvalue weighted by Crippen LogP contribution is 2.48. The molecule has 24 heavy (non-hydrogen) atoms. The average Bonchev–Trinajstić information content (AvgIpc) is 3.26. The summed E-state index contributed by atoms with van der Waals surface area (Å²) < 4.78 is 0. The van der Waals surface area contributed by atoms with Crippen molar-refractivity contribution in [1.82, 2.24) is 9.80 Å². The Hall–Kier alpha value is -2.14. The number of amides is 2. The van der Waals surface area contributed by atoms with E-state index in [1.165, 1.54) is 16.9 Å². The van der Waals surface area contributed by atoms with Crippen molar-refractivity contribution in [2.75, 3.05) is 26.2 Å². The maximum Gasteiger partial charge on any atom is 0.264 e. The average molecular weight is 340 g/mol. The quantitative estimate of drug-likeness (QED) is 0.862. The Morgan fingerprint density at radius 2 is 1.62 bits per heavy atom. The Bertz CT molecular complexity index is 721. The molecule has 1 aliphatic heterocycles. The van der Waals surface area contributed by atoms with Gasteiger partial charge in [0.15, 0.2) is 0 Å². The van der Waals surface area contributed by atoms with Gasteiger partial charge >= 0.3 is 0 Å². The zero-order chi connectivity index (χ0) is 16.5. The van der Waals surface area contributed by atoms with Gasteiger partial charge in [0.25, 0.3) is 5.91 Å². The van der Waals surface area contributed by atoms with Crippen LogP contribution in [0.4, 0.5) is 0 Å². The molecule has 0 N–H and O–H groups in total. The summed E-state index contributed by atoms with van der Waals surface area (Å²) in [5.74, 6) is 0.856. The van der Waals surface area contributed by atoms with E-state index in [4.69, 9.17) is 0 Å². The largest absolute Gasteiger partial charge is 0.339 e. The molecule has 2 aliphatic rings. The van der Waals surface area contributed by atoms with Crippen molar-refractivity contribution in [1.29, 1.82) is 0 Å². The molecule has 124 valence electrons. The van der Waals surface area contributed by atoms with E-state index in [1.54, 1.807) is 0 Å². The number of rotatable bonds is 3. The highest BCUT2D eigenvalue weighted by Gasteiger charge is 2.46. The third-order valence-electron chi connectivity index (χ3n) is 4.95. The van der Waals surface area contributed by atoms with Crippen molar-refractivity contribution in [3.05, 3.63) is 58.3 Å². The smallest absolute Gasteiger partial charge is 0.264 e. The van der Waals surface area contributed by atoms with Gasteiger partial charge in [-0.2, -0.15) is 0 Å². The molecule has 1 saturated carbocycles. The Kier molecular flexibility index (Phi) is 4.10. The van der Waals surface area contributed by atoms with Crippen LogP contribution < -0.4 is 0 Å². The minimum Gasteiger partial charge on any atom is -0.339 e. The fourth-order valence-electron chi connectivity index (χ4n) is 3.46. The third-order valence-corrected chi connectivity index (χ3v) is 5.80. The number of carbonyl (C=O) groups is 2. The molecule has 4 rings (SSSR count). The summed E-state index contributed by atoms with van der Waals surface area (Å²) in [7, 11) is 0. The van der Waals surface area contributed by atoms with Crippen LogP contribution in [0.5, 0.6) is 0 Å². The summed E-state index contributed by atoms with van der Waals surface area (Å²) in [6.07, 6.45) is 0.956. The Balaban J connectivity index is 1.32. The minimum absolute atomic E-state index is 0.0886. The molecule has 5 heteroatoms. The van der Waals surface area contributed by atoms with Gasteiger partial charge in [-0.25, -0.2) is 0 Å². The van der Waals surface area contributed by atoms with E-state index in [1.807, 2.05) is 45.5 Å². The van der Waals surface area contributed by atoms with Gasteiger partial charge in [-0.1, -0.05) is 36.4 Å². The van der Waals surface area contributed by atoms with Crippen molar-refractivity contribution >= 4 is 23.2 Å². The summed E-state index contributed by atoms with van der Waals surface area (Å²) >= 11 is 1.47. The number of benzene rings is 1. The van der Waals surface area contributed by atoms with Gasteiger partial charge in [0, 0.05) is 32.1 Å². The van der Waals surface area contributed by atoms with Crippen LogP contribution in [0.1, 0.15) is 27.6 Å². The van der Waals surface area contributed by atoms with Crippen LogP contribution in [-0.2, 0) is 4.79 Å². The zero-order valence-electron chi connectivity index (χ0n) is 13.4. The Morgan fingerprint density at radius 1 is 0.917 bits per heavy atom. The first-order valence-electron chi connectivity index (χ1n) is 8.40. The lowest BCUT2D eigenvalue weighted by molar-refractivity contribution is -0.134. The van der Waals surface area contributed by atoms with Gasteiger partial charge in [-0.3, -0.25) is 9.59 Å². The molecule has 2 aromatic rings. The van der Waals surface area contributed by atoms with E-state index in [2.05, 4.69) is 12.1 Å². The van der Waals surface area contributed by atoms with Crippen molar-refractivity contribution in [3.8, 4) is 0 Å². The van der Waals surface area contributed by atoms with Gasteiger partial charge in [-0.15, -0.1) is 11.3 Å². The van der Waals surface area contributed by atoms with Crippen LogP contribution in [0.2, 0.25) is 0 Å². The molecule has 0 bridgehead atoms. The van der Waals surface area contributed by atoms with E-state index in [0.717, 1.165) is 11.3 Å². The molecule has 0 radical (unpaired) electrons. The molecular weight excluding hydrogens is 320 g/mol. The number of piperazine rings is 1. The third kappa shape index (κ3) is 2.96. The summed E-state index contributed by atoms with van der Waals surface area (Å²) in [4.78, 5) is 29.6. The zero-order valence-corrected chi connectivity index (χ0v) is 14.2. The molecule has 1 unspecified atom stereocenters. The van der Waals surface area contributed by atoms with Crippen molar-refractivity contribution in [3.63, 3.8) is 0 Å². The molecule has 1 aromatic heterocycles. The Labute approximate surface area is 145 Å². The maximum absolute atomic E-state index is 12.7. The van der Waals surface area contributed by atoms with Gasteiger partial charge in [0.05, 0.1) is 4.88 Å². The molecule has 2 amide bonds. The summed E-state index contributed by atoms with van der Waals surface area (Å²) in [5, 5.41) is 1.92. The van der Waals surface area contributed by atoms with Crippen LogP contribution in [-0.4, -0.2) is 47.8 Å². The Morgan fingerprint density at radius 3 is 2.29 bits per heavy atom. The highest BCUT2D eigenvalue weighted by molar-refractivity contribution is 7.12. The lowest BCUT2D eigenvalue weighted by atomic mass is 10.1. The fraction of sp³-hybridized carbons (Fsp3) is 0.368. The number of hydrogen-bond donors (Lipinski definition) is 0. The van der Waals surface area contributed by atoms with Crippen LogP contribution in [0.25, 0.3) is 0 Å². The first-order chi connectivity index (χ1) is 11.7. The molecule has 1 aromatic carbocycles. The number of hydrogen-bond acceptors (Lipinski definition) is 3. The van der Waals surface area contributed by atoms with Crippen molar-refractivity contribution in [2.45, 2.75) is 12.3 Å². The second kappa shape index (κ2) is 6.40. The number of carbonyl (C=O) groups excluding carboxylic acids is 2. The first kappa shape index (κ1) is 15.4. The van der Waals surface area contributed by atoms with Gasteiger partial charge in [-0.05, 0) is 29.3 Å². The second-order valence-corrected chi connectivity index (χ2v) is 7.40. The monoisotopic (exact) mass is 340 g/mol. The predicted molar refractivity (Wildman–Crippen MR) is 94.1 cm³/mol. The second-order valence-electron chi connectivity index (χ2n) is 6.45. The van der Waals surface area contributed by atoms with E-state index < -0.39 is 0 Å². The molecule has 2 heterocycles. The lowest BCUT2D eigenvalue weighted by Crippen LogP contribution is -2.51. The minimum atomic E-state index is 0.0886. The van der Waals surface area contributed by atoms with Gasteiger partial charge in [0.1, 0.15) is 0 Å². The molecule has 1 aliphatic carbocycles. The standard InChI is InChI=1S/C19H20N2O2S/c22-18(16-13-15(16)14-5-2-1-3-6-14)20-8-10-21(11-9-20)19(23)17-7-4-12-24-17/h1-7,12,15-16H,8-11,13H2/t15?,16-/m1/s1. The van der Waals surface area contributed by atoms with E-state index in [9.17, 15) is 9.59 Å². The number of thiophene rings is 1. The lowest BCUT2D eigenvalue weighted by Gasteiger charge is -2.34. The molecule has 1 saturated heterocycles. The maximum atomic E-state index is 12.7. The fourth-order valence-corrected chi connectivity index (χ4v) is 4.15. The van der Waals surface area contributed by atoms with E-state index in [-0.39, 0.29) is 17.7 Å². The number of nitrogens with zero attached hydrogens (tertiary/aromatic N) is 2. The van der Waals surface area contributed by atoms with Gasteiger partial charge in [0.2, 0.25) is 5.91 Å². The normalized spacial score (nSPS) is 23.2. The van der Waals surface area contributed by atoms with E-state index >= 15 is 0 Å². The summed E-state index contributed by atoms with van der Waals surface area (Å²) in [5.41, 5.74) is 1.27. The summed E-state index contributed by atoms with van der Waals surface area (Å²) in [6, 6.07) is 14.0. The molecule has 4 nitrogen and oxygen atoms in total. The van der Waals surface area contributed by atoms with Crippen molar-refractivity contribution in [2.24, 2.45) is 5.92 Å². The van der Waals surface area contributed by atoms with Crippen LogP contribution in [0.3, 0.4) is 0 Å². The van der Waals surface area contributed by atoms with Gasteiger partial charge < -0.3 is 9.80 Å². The van der Waals surface area contributed by atoms with E-state index in [0.29, 0.717) is 32.1 Å². The molecular formula is C19H20N2O2S.